The molecule has 10 rings (SSSR count). The molecule has 0 aliphatic carbocycles. The summed E-state index contributed by atoms with van der Waals surface area (Å²) in [6.07, 6.45) is 0. The molecule has 0 atom stereocenters. The summed E-state index contributed by atoms with van der Waals surface area (Å²) >= 11 is 0. The summed E-state index contributed by atoms with van der Waals surface area (Å²) in [5.41, 5.74) is 11.1. The normalized spacial score (nSPS) is 11.9. The molecule has 0 radical (unpaired) electrons. The van der Waals surface area contributed by atoms with Gasteiger partial charge in [-0.05, 0) is 90.0 Å². The lowest BCUT2D eigenvalue weighted by Gasteiger charge is -2.10. The fraction of sp³-hybridized carbons (Fsp3) is 0.0233. The summed E-state index contributed by atoms with van der Waals surface area (Å²) < 4.78 is 16.3. The molecule has 0 unspecified atom stereocenters. The Labute approximate surface area is 270 Å². The lowest BCUT2D eigenvalue weighted by atomic mass is 10.0. The van der Waals surface area contributed by atoms with E-state index in [1.54, 1.807) is 7.11 Å². The van der Waals surface area contributed by atoms with Crippen molar-refractivity contribution in [3.63, 3.8) is 0 Å². The highest BCUT2D eigenvalue weighted by Crippen LogP contribution is 2.39. The van der Waals surface area contributed by atoms with Crippen molar-refractivity contribution < 1.29 is 9.15 Å². The van der Waals surface area contributed by atoms with Crippen molar-refractivity contribution in [1.29, 1.82) is 0 Å². The highest BCUT2D eigenvalue weighted by Gasteiger charge is 2.17. The van der Waals surface area contributed by atoms with Crippen LogP contribution in [0.4, 0.5) is 0 Å². The lowest BCUT2D eigenvalue weighted by molar-refractivity contribution is 0.415. The highest BCUT2D eigenvalue weighted by molar-refractivity contribution is 6.13. The molecule has 0 bridgehead atoms. The second-order valence-corrected chi connectivity index (χ2v) is 12.1. The molecule has 7 aromatic carbocycles. The van der Waals surface area contributed by atoms with Gasteiger partial charge in [0.2, 0.25) is 0 Å². The zero-order valence-corrected chi connectivity index (χ0v) is 25.6. The number of rotatable bonds is 4. The van der Waals surface area contributed by atoms with Crippen LogP contribution < -0.4 is 4.74 Å². The molecule has 10 aromatic rings. The number of nitrogens with zero attached hydrogens (tertiary/aromatic N) is 2. The van der Waals surface area contributed by atoms with Crippen molar-refractivity contribution in [3.05, 3.63) is 152 Å². The molecule has 0 saturated heterocycles. The maximum atomic E-state index is 6.17. The van der Waals surface area contributed by atoms with E-state index in [0.717, 1.165) is 39.1 Å². The Morgan fingerprint density at radius 1 is 0.404 bits per heavy atom. The third-order valence-electron chi connectivity index (χ3n) is 9.63. The van der Waals surface area contributed by atoms with E-state index in [4.69, 9.17) is 9.15 Å². The maximum Gasteiger partial charge on any atom is 0.135 e. The van der Waals surface area contributed by atoms with Crippen LogP contribution in [-0.4, -0.2) is 16.2 Å². The van der Waals surface area contributed by atoms with Gasteiger partial charge in [-0.25, -0.2) is 0 Å². The van der Waals surface area contributed by atoms with Crippen molar-refractivity contribution in [2.75, 3.05) is 7.11 Å². The molecule has 0 saturated carbocycles. The molecular formula is C43H28N2O2. The van der Waals surface area contributed by atoms with Crippen LogP contribution in [0.2, 0.25) is 0 Å². The number of benzene rings is 7. The molecule has 0 amide bonds. The molecule has 47 heavy (non-hydrogen) atoms. The molecule has 0 aliphatic rings. The fourth-order valence-electron chi connectivity index (χ4n) is 7.44. The average molecular weight is 605 g/mol. The minimum absolute atomic E-state index is 0.850. The highest BCUT2D eigenvalue weighted by atomic mass is 16.5. The fourth-order valence-corrected chi connectivity index (χ4v) is 7.44. The van der Waals surface area contributed by atoms with Gasteiger partial charge in [0.1, 0.15) is 16.9 Å². The van der Waals surface area contributed by atoms with Crippen LogP contribution in [0.1, 0.15) is 0 Å². The first-order valence-electron chi connectivity index (χ1n) is 15.9. The monoisotopic (exact) mass is 604 g/mol. The van der Waals surface area contributed by atoms with E-state index < -0.39 is 0 Å². The first-order chi connectivity index (χ1) is 23.2. The van der Waals surface area contributed by atoms with Crippen molar-refractivity contribution in [2.24, 2.45) is 0 Å². The summed E-state index contributed by atoms with van der Waals surface area (Å²) in [5, 5.41) is 7.19. The van der Waals surface area contributed by atoms with Crippen LogP contribution in [0.3, 0.4) is 0 Å². The minimum Gasteiger partial charge on any atom is -0.497 e. The quantitative estimate of drug-likeness (QED) is 0.200. The molecule has 0 fully saturated rings. The minimum atomic E-state index is 0.850. The average Bonchev–Trinajstić information content (AvgIpc) is 3.78. The van der Waals surface area contributed by atoms with Gasteiger partial charge < -0.3 is 18.3 Å². The van der Waals surface area contributed by atoms with Crippen LogP contribution in [-0.2, 0) is 0 Å². The largest absolute Gasteiger partial charge is 0.497 e. The molecule has 0 N–H and O–H groups in total. The van der Waals surface area contributed by atoms with E-state index in [0.29, 0.717) is 0 Å². The Balaban J connectivity index is 1.18. The molecule has 0 aliphatic heterocycles. The third-order valence-corrected chi connectivity index (χ3v) is 9.63. The summed E-state index contributed by atoms with van der Waals surface area (Å²) in [7, 11) is 1.70. The second kappa shape index (κ2) is 9.87. The van der Waals surface area contributed by atoms with Gasteiger partial charge in [0.05, 0.1) is 29.2 Å². The number of ether oxygens (including phenoxy) is 1. The van der Waals surface area contributed by atoms with Crippen molar-refractivity contribution in [3.8, 4) is 28.3 Å². The van der Waals surface area contributed by atoms with Crippen LogP contribution in [0.5, 0.6) is 5.75 Å². The van der Waals surface area contributed by atoms with E-state index in [9.17, 15) is 0 Å². The van der Waals surface area contributed by atoms with E-state index >= 15 is 0 Å². The summed E-state index contributed by atoms with van der Waals surface area (Å²) in [6.45, 7) is 0. The molecule has 222 valence electrons. The predicted molar refractivity (Wildman–Crippen MR) is 194 cm³/mol. The summed E-state index contributed by atoms with van der Waals surface area (Å²) in [6, 6.07) is 54.1. The van der Waals surface area contributed by atoms with E-state index in [-0.39, 0.29) is 0 Å². The standard InChI is InChI=1S/C43H28N2O2/c1-46-31-19-16-29(17-20-31)44-39-12-6-3-9-33(39)36-24-27(15-22-40(36)44)28-14-21-34-32-8-2-5-11-38(32)45(41(34)25-28)30-18-23-43-37(26-30)35-10-4-7-13-42(35)47-43/h2-26H,1H3. The summed E-state index contributed by atoms with van der Waals surface area (Å²) in [4.78, 5) is 0. The number of hydrogen-bond donors (Lipinski definition) is 0. The first-order valence-corrected chi connectivity index (χ1v) is 15.9. The van der Waals surface area contributed by atoms with Crippen molar-refractivity contribution in [1.82, 2.24) is 9.13 Å². The van der Waals surface area contributed by atoms with Crippen LogP contribution in [0, 0.1) is 0 Å². The van der Waals surface area contributed by atoms with Crippen molar-refractivity contribution in [2.45, 2.75) is 0 Å². The Morgan fingerprint density at radius 3 is 1.77 bits per heavy atom. The molecule has 4 heteroatoms. The Morgan fingerprint density at radius 2 is 0.979 bits per heavy atom. The van der Waals surface area contributed by atoms with Gasteiger partial charge in [-0.3, -0.25) is 0 Å². The van der Waals surface area contributed by atoms with Gasteiger partial charge >= 0.3 is 0 Å². The van der Waals surface area contributed by atoms with Gasteiger partial charge in [-0.2, -0.15) is 0 Å². The molecular weight excluding hydrogens is 576 g/mol. The zero-order valence-electron chi connectivity index (χ0n) is 25.6. The van der Waals surface area contributed by atoms with Gasteiger partial charge in [-0.15, -0.1) is 0 Å². The molecule has 4 nitrogen and oxygen atoms in total. The van der Waals surface area contributed by atoms with Gasteiger partial charge in [0, 0.05) is 43.7 Å². The van der Waals surface area contributed by atoms with Gasteiger partial charge in [0.15, 0.2) is 0 Å². The number of methoxy groups -OCH3 is 1. The Hall–Kier alpha value is -6.26. The van der Waals surface area contributed by atoms with Gasteiger partial charge in [0.25, 0.3) is 0 Å². The molecule has 3 heterocycles. The van der Waals surface area contributed by atoms with Crippen LogP contribution in [0.25, 0.3) is 88.1 Å². The topological polar surface area (TPSA) is 32.2 Å². The first kappa shape index (κ1) is 26.0. The lowest BCUT2D eigenvalue weighted by Crippen LogP contribution is -1.94. The number of para-hydroxylation sites is 3. The van der Waals surface area contributed by atoms with E-state index in [2.05, 4.69) is 137 Å². The summed E-state index contributed by atoms with van der Waals surface area (Å²) in [5.74, 6) is 0.850. The second-order valence-electron chi connectivity index (χ2n) is 12.1. The molecule has 0 spiro atoms. The van der Waals surface area contributed by atoms with E-state index in [1.165, 1.54) is 54.7 Å². The number of furan rings is 1. The van der Waals surface area contributed by atoms with Crippen LogP contribution in [0.15, 0.2) is 156 Å². The number of hydrogen-bond acceptors (Lipinski definition) is 2. The number of fused-ring (bicyclic) bond motifs is 9. The maximum absolute atomic E-state index is 6.17. The zero-order chi connectivity index (χ0) is 31.1. The SMILES string of the molecule is COc1ccc(-n2c3ccccc3c3cc(-c4ccc5c6ccccc6n(-c6ccc7oc8ccccc8c7c6)c5c4)ccc32)cc1. The van der Waals surface area contributed by atoms with Crippen LogP contribution >= 0.6 is 0 Å². The predicted octanol–water partition coefficient (Wildman–Crippen LogP) is 11.5. The Kier molecular flexibility index (Phi) is 5.46. The molecule has 3 aromatic heterocycles. The van der Waals surface area contributed by atoms with Crippen molar-refractivity contribution >= 4 is 65.6 Å². The number of aromatic nitrogens is 2. The third kappa shape index (κ3) is 3.82. The smallest absolute Gasteiger partial charge is 0.135 e. The van der Waals surface area contributed by atoms with Gasteiger partial charge in [-0.1, -0.05) is 72.8 Å². The Bertz CT molecular complexity index is 2830. The van der Waals surface area contributed by atoms with E-state index in [1.807, 2.05) is 24.3 Å².